The van der Waals surface area contributed by atoms with Crippen LogP contribution in [0.1, 0.15) is 6.42 Å². The van der Waals surface area contributed by atoms with Crippen molar-refractivity contribution in [3.05, 3.63) is 22.9 Å². The molecule has 0 spiro atoms. The van der Waals surface area contributed by atoms with Crippen molar-refractivity contribution in [2.75, 3.05) is 13.1 Å². The highest BCUT2D eigenvalue weighted by atomic mass is 14.9. The zero-order valence-corrected chi connectivity index (χ0v) is 7.30. The maximum Gasteiger partial charge on any atom is 0.120 e. The van der Waals surface area contributed by atoms with Gasteiger partial charge in [0, 0.05) is 18.3 Å². The number of allylic oxidation sites excluding steroid dienone is 1. The van der Waals surface area contributed by atoms with E-state index >= 15 is 0 Å². The molecule has 0 saturated carbocycles. The molecule has 68 valence electrons. The van der Waals surface area contributed by atoms with Crippen LogP contribution in [0.3, 0.4) is 0 Å². The van der Waals surface area contributed by atoms with Gasteiger partial charge in [0.05, 0.1) is 0 Å². The summed E-state index contributed by atoms with van der Waals surface area (Å²) in [6, 6.07) is 1.85. The van der Waals surface area contributed by atoms with E-state index in [9.17, 15) is 0 Å². The Bertz CT molecular complexity index is 306. The van der Waals surface area contributed by atoms with Crippen molar-refractivity contribution in [1.29, 1.82) is 10.7 Å². The highest BCUT2D eigenvalue weighted by Crippen LogP contribution is 2.12. The van der Waals surface area contributed by atoms with Crippen LogP contribution >= 0.6 is 0 Å². The Kier molecular flexibility index (Phi) is 3.23. The average molecular weight is 176 g/mol. The monoisotopic (exact) mass is 176 g/mol. The first-order valence-electron chi connectivity index (χ1n) is 4.10. The zero-order chi connectivity index (χ0) is 9.68. The molecule has 0 fully saturated rings. The maximum atomic E-state index is 8.58. The molecule has 0 aromatic heterocycles. The second-order valence-corrected chi connectivity index (χ2v) is 2.78. The lowest BCUT2D eigenvalue weighted by Gasteiger charge is -2.14. The summed E-state index contributed by atoms with van der Waals surface area (Å²) in [6.45, 7) is 1.63. The van der Waals surface area contributed by atoms with Gasteiger partial charge in [-0.05, 0) is 18.5 Å². The third-order valence-corrected chi connectivity index (χ3v) is 1.93. The molecule has 0 amide bonds. The van der Waals surface area contributed by atoms with Crippen LogP contribution in [0, 0.1) is 16.7 Å². The highest BCUT2D eigenvalue weighted by molar-refractivity contribution is 5.84. The summed E-state index contributed by atoms with van der Waals surface area (Å²) in [6.07, 6.45) is 4.07. The SMILES string of the molecule is N#C/C(N)=C(/C=N)C1=CCCNC1. The van der Waals surface area contributed by atoms with Crippen molar-refractivity contribution in [3.8, 4) is 6.07 Å². The highest BCUT2D eigenvalue weighted by Gasteiger charge is 2.09. The summed E-state index contributed by atoms with van der Waals surface area (Å²) in [4.78, 5) is 0. The number of nitrogens with zero attached hydrogens (tertiary/aromatic N) is 1. The van der Waals surface area contributed by atoms with Crippen molar-refractivity contribution >= 4 is 6.21 Å². The van der Waals surface area contributed by atoms with Crippen LogP contribution in [0.5, 0.6) is 0 Å². The van der Waals surface area contributed by atoms with Crippen LogP contribution in [-0.2, 0) is 0 Å². The van der Waals surface area contributed by atoms with E-state index in [0.29, 0.717) is 12.1 Å². The first-order valence-corrected chi connectivity index (χ1v) is 4.10. The molecule has 1 heterocycles. The predicted octanol–water partition coefficient (Wildman–Crippen LogP) is 0.292. The Labute approximate surface area is 77.2 Å². The lowest BCUT2D eigenvalue weighted by molar-refractivity contribution is 0.709. The van der Waals surface area contributed by atoms with E-state index in [4.69, 9.17) is 16.4 Å². The minimum absolute atomic E-state index is 0.116. The van der Waals surface area contributed by atoms with Crippen LogP contribution in [-0.4, -0.2) is 19.3 Å². The zero-order valence-electron chi connectivity index (χ0n) is 7.30. The number of nitriles is 1. The van der Waals surface area contributed by atoms with Gasteiger partial charge in [-0.1, -0.05) is 6.08 Å². The molecule has 4 nitrogen and oxygen atoms in total. The minimum atomic E-state index is 0.116. The van der Waals surface area contributed by atoms with Gasteiger partial charge in [-0.25, -0.2) is 0 Å². The number of hydrogen-bond donors (Lipinski definition) is 3. The second-order valence-electron chi connectivity index (χ2n) is 2.78. The maximum absolute atomic E-state index is 8.58. The average Bonchev–Trinajstić information content (AvgIpc) is 2.20. The Balaban J connectivity index is 2.97. The molecule has 0 radical (unpaired) electrons. The Morgan fingerprint density at radius 1 is 1.77 bits per heavy atom. The van der Waals surface area contributed by atoms with Gasteiger partial charge < -0.3 is 16.5 Å². The van der Waals surface area contributed by atoms with Crippen molar-refractivity contribution in [2.45, 2.75) is 6.42 Å². The molecule has 1 aliphatic rings. The lowest BCUT2D eigenvalue weighted by Crippen LogP contribution is -2.24. The van der Waals surface area contributed by atoms with Crippen LogP contribution in [0.25, 0.3) is 0 Å². The molecule has 1 rings (SSSR count). The molecule has 0 aromatic carbocycles. The molecule has 0 atom stereocenters. The third kappa shape index (κ3) is 2.17. The normalized spacial score (nSPS) is 18.2. The summed E-state index contributed by atoms with van der Waals surface area (Å²) in [7, 11) is 0. The smallest absolute Gasteiger partial charge is 0.120 e. The minimum Gasteiger partial charge on any atom is -0.390 e. The molecule has 13 heavy (non-hydrogen) atoms. The first kappa shape index (κ1) is 9.49. The topological polar surface area (TPSA) is 85.7 Å². The summed E-state index contributed by atoms with van der Waals surface area (Å²) in [5, 5.41) is 18.9. The molecule has 4 heteroatoms. The van der Waals surface area contributed by atoms with Gasteiger partial charge in [0.1, 0.15) is 11.8 Å². The molecule has 4 N–H and O–H groups in total. The predicted molar refractivity (Wildman–Crippen MR) is 51.2 cm³/mol. The van der Waals surface area contributed by atoms with Gasteiger partial charge >= 0.3 is 0 Å². The quantitative estimate of drug-likeness (QED) is 0.417. The number of nitrogens with two attached hydrogens (primary N) is 1. The summed E-state index contributed by atoms with van der Waals surface area (Å²) >= 11 is 0. The summed E-state index contributed by atoms with van der Waals surface area (Å²) in [5.41, 5.74) is 7.05. The standard InChI is InChI=1S/C9H12N4/c10-4-8(9(12)5-11)7-2-1-3-13-6-7/h2,4,10,13H,1,3,6,12H2/b9-8+,10-4?. The van der Waals surface area contributed by atoms with Gasteiger partial charge in [0.15, 0.2) is 0 Å². The van der Waals surface area contributed by atoms with Crippen molar-refractivity contribution in [1.82, 2.24) is 5.32 Å². The van der Waals surface area contributed by atoms with E-state index in [2.05, 4.69) is 5.32 Å². The van der Waals surface area contributed by atoms with E-state index in [1.165, 1.54) is 0 Å². The van der Waals surface area contributed by atoms with E-state index in [1.54, 1.807) is 0 Å². The Morgan fingerprint density at radius 2 is 2.54 bits per heavy atom. The molecule has 0 aliphatic carbocycles. The van der Waals surface area contributed by atoms with Crippen molar-refractivity contribution < 1.29 is 0 Å². The molecule has 0 bridgehead atoms. The van der Waals surface area contributed by atoms with Crippen molar-refractivity contribution in [2.24, 2.45) is 5.73 Å². The summed E-state index contributed by atoms with van der Waals surface area (Å²) < 4.78 is 0. The fourth-order valence-electron chi connectivity index (χ4n) is 1.25. The molecule has 1 aliphatic heterocycles. The number of hydrogen-bond acceptors (Lipinski definition) is 4. The van der Waals surface area contributed by atoms with Crippen LogP contribution in [0.4, 0.5) is 0 Å². The summed E-state index contributed by atoms with van der Waals surface area (Å²) in [5.74, 6) is 0. The van der Waals surface area contributed by atoms with Crippen LogP contribution in [0.2, 0.25) is 0 Å². The first-order chi connectivity index (χ1) is 6.29. The Hall–Kier alpha value is -1.60. The molecule has 0 aromatic rings. The lowest BCUT2D eigenvalue weighted by atomic mass is 10.0. The van der Waals surface area contributed by atoms with Gasteiger partial charge in [-0.2, -0.15) is 5.26 Å². The Morgan fingerprint density at radius 3 is 3.00 bits per heavy atom. The van der Waals surface area contributed by atoms with Gasteiger partial charge in [-0.15, -0.1) is 0 Å². The molecular formula is C9H12N4. The third-order valence-electron chi connectivity index (χ3n) is 1.93. The van der Waals surface area contributed by atoms with Crippen molar-refractivity contribution in [3.63, 3.8) is 0 Å². The molecular weight excluding hydrogens is 164 g/mol. The second kappa shape index (κ2) is 4.43. The molecule has 0 unspecified atom stereocenters. The fraction of sp³-hybridized carbons (Fsp3) is 0.333. The van der Waals surface area contributed by atoms with Gasteiger partial charge in [0.2, 0.25) is 0 Å². The van der Waals surface area contributed by atoms with E-state index in [1.807, 2.05) is 12.1 Å². The van der Waals surface area contributed by atoms with E-state index in [0.717, 1.165) is 24.8 Å². The number of rotatable bonds is 2. The number of nitrogens with one attached hydrogen (secondary N) is 2. The van der Waals surface area contributed by atoms with E-state index in [-0.39, 0.29) is 5.70 Å². The van der Waals surface area contributed by atoms with Gasteiger partial charge in [0.25, 0.3) is 0 Å². The fourth-order valence-corrected chi connectivity index (χ4v) is 1.25. The van der Waals surface area contributed by atoms with Crippen LogP contribution in [0.15, 0.2) is 22.9 Å². The molecule has 0 saturated heterocycles. The van der Waals surface area contributed by atoms with E-state index < -0.39 is 0 Å². The largest absolute Gasteiger partial charge is 0.390 e. The van der Waals surface area contributed by atoms with Gasteiger partial charge in [-0.3, -0.25) is 0 Å². The van der Waals surface area contributed by atoms with Crippen LogP contribution < -0.4 is 11.1 Å².